The number of carboxylic acid groups (broad SMARTS) is 1. The molecule has 1 amide bonds. The van der Waals surface area contributed by atoms with Crippen LogP contribution in [0.25, 0.3) is 22.3 Å². The lowest BCUT2D eigenvalue weighted by atomic mass is 9.89. The number of anilines is 2. The van der Waals surface area contributed by atoms with Crippen LogP contribution in [0.1, 0.15) is 45.6 Å². The average molecular weight is 616 g/mol. The summed E-state index contributed by atoms with van der Waals surface area (Å²) in [6, 6.07) is 2.69. The third-order valence-electron chi connectivity index (χ3n) is 6.67. The normalized spacial score (nSPS) is 19.5. The van der Waals surface area contributed by atoms with Crippen molar-refractivity contribution < 1.29 is 35.9 Å². The lowest BCUT2D eigenvalue weighted by Gasteiger charge is -2.32. The molecule has 1 fully saturated rings. The van der Waals surface area contributed by atoms with Gasteiger partial charge in [-0.15, -0.1) is 0 Å². The molecule has 3 aromatic rings. The van der Waals surface area contributed by atoms with E-state index in [0.717, 1.165) is 6.20 Å². The molecule has 0 aliphatic heterocycles. The number of nitrogens with zero attached hydrogens (tertiary/aromatic N) is 4. The second-order valence-corrected chi connectivity index (χ2v) is 12.1. The molecule has 0 saturated heterocycles. The van der Waals surface area contributed by atoms with Crippen LogP contribution in [-0.2, 0) is 10.0 Å². The number of amides is 1. The molecule has 0 unspecified atom stereocenters. The molecule has 228 valence electrons. The van der Waals surface area contributed by atoms with Gasteiger partial charge in [0.25, 0.3) is 5.56 Å². The molecule has 17 heteroatoms. The van der Waals surface area contributed by atoms with Crippen LogP contribution in [-0.4, -0.2) is 69.3 Å². The van der Waals surface area contributed by atoms with Gasteiger partial charge in [-0.05, 0) is 44.9 Å². The number of rotatable bonds is 9. The molecule has 3 aromatic heterocycles. The Hall–Kier alpha value is -4.02. The highest BCUT2D eigenvalue weighted by atomic mass is 32.2. The fraction of sp³-hybridized carbons (Fsp3) is 0.480. The zero-order valence-electron chi connectivity index (χ0n) is 22.5. The number of fused-ring (bicyclic) bond motifs is 1. The van der Waals surface area contributed by atoms with Crippen LogP contribution in [0.3, 0.4) is 0 Å². The van der Waals surface area contributed by atoms with Crippen molar-refractivity contribution in [3.8, 4) is 11.3 Å². The molecule has 0 aromatic carbocycles. The highest BCUT2D eigenvalue weighted by Gasteiger charge is 2.32. The van der Waals surface area contributed by atoms with Crippen molar-refractivity contribution >= 4 is 38.8 Å². The topological polar surface area (TPSA) is 168 Å². The van der Waals surface area contributed by atoms with E-state index < -0.39 is 52.2 Å². The number of halogens is 4. The van der Waals surface area contributed by atoms with E-state index >= 15 is 0 Å². The molecule has 1 saturated carbocycles. The van der Waals surface area contributed by atoms with E-state index in [1.807, 2.05) is 4.72 Å². The minimum Gasteiger partial charge on any atom is -0.465 e. The van der Waals surface area contributed by atoms with Crippen molar-refractivity contribution in [3.63, 3.8) is 0 Å². The second kappa shape index (κ2) is 12.1. The van der Waals surface area contributed by atoms with Crippen molar-refractivity contribution in [2.24, 2.45) is 0 Å². The maximum absolute atomic E-state index is 14.5. The Morgan fingerprint density at radius 2 is 1.93 bits per heavy atom. The molecular weight excluding hydrogens is 586 g/mol. The van der Waals surface area contributed by atoms with Gasteiger partial charge < -0.3 is 15.7 Å². The number of alkyl halides is 4. The second-order valence-electron chi connectivity index (χ2n) is 10.2. The summed E-state index contributed by atoms with van der Waals surface area (Å²) in [5, 5.41) is 14.6. The predicted octanol–water partition coefficient (Wildman–Crippen LogP) is 4.07. The summed E-state index contributed by atoms with van der Waals surface area (Å²) in [5.41, 5.74) is 0.155. The van der Waals surface area contributed by atoms with Crippen LogP contribution in [0.2, 0.25) is 0 Å². The van der Waals surface area contributed by atoms with E-state index in [2.05, 4.69) is 25.6 Å². The maximum atomic E-state index is 14.5. The molecule has 1 aliphatic rings. The van der Waals surface area contributed by atoms with Gasteiger partial charge in [0, 0.05) is 30.1 Å². The van der Waals surface area contributed by atoms with Crippen LogP contribution in [0, 0.1) is 0 Å². The first-order chi connectivity index (χ1) is 19.6. The van der Waals surface area contributed by atoms with E-state index in [1.165, 1.54) is 29.0 Å². The summed E-state index contributed by atoms with van der Waals surface area (Å²) in [6.07, 6.45) is -5.40. The van der Waals surface area contributed by atoms with Gasteiger partial charge in [0.2, 0.25) is 16.0 Å². The van der Waals surface area contributed by atoms with Crippen molar-refractivity contribution in [1.82, 2.24) is 24.8 Å². The Morgan fingerprint density at radius 1 is 1.19 bits per heavy atom. The molecule has 12 nitrogen and oxygen atoms in total. The minimum absolute atomic E-state index is 0.0441. The smallest absolute Gasteiger partial charge is 0.404 e. The van der Waals surface area contributed by atoms with Gasteiger partial charge >= 0.3 is 12.3 Å². The minimum atomic E-state index is -4.62. The van der Waals surface area contributed by atoms with Gasteiger partial charge in [-0.3, -0.25) is 19.1 Å². The van der Waals surface area contributed by atoms with E-state index in [1.54, 1.807) is 13.8 Å². The lowest BCUT2D eigenvalue weighted by Crippen LogP contribution is -2.47. The molecular formula is C25H29F4N7O5S. The standard InChI is InChI=1S/C25H29F4N7O5S/c1-13(2)36-21-14(11-31-23(34-21)32-15-3-6-20(18(26)10-15)33-24(38)39)9-17(22(36)37)19-5-4-16(12-30-19)35-42(40,41)8-7-25(27,28)29/h4-5,9,11-13,15,18,20,33,35H,3,6-8,10H2,1-2H3,(H,38,39)(H,31,32,34)/t15-,18+,20-/m0/s1. The van der Waals surface area contributed by atoms with Crippen LogP contribution in [0.15, 0.2) is 35.4 Å². The fourth-order valence-corrected chi connectivity index (χ4v) is 5.78. The third-order valence-corrected chi connectivity index (χ3v) is 7.96. The number of pyridine rings is 2. The molecule has 0 radical (unpaired) electrons. The van der Waals surface area contributed by atoms with Crippen LogP contribution in [0.5, 0.6) is 0 Å². The number of carbonyl (C=O) groups is 1. The summed E-state index contributed by atoms with van der Waals surface area (Å²) >= 11 is 0. The van der Waals surface area contributed by atoms with Gasteiger partial charge in [0.1, 0.15) is 11.8 Å². The fourth-order valence-electron chi connectivity index (χ4n) is 4.70. The SMILES string of the molecule is CC(C)n1c(=O)c(-c2ccc(NS(=O)(=O)CCC(F)(F)F)cn2)cc2cnc(N[C@H]3CC[C@H](NC(=O)O)[C@H](F)C3)nc21. The highest BCUT2D eigenvalue weighted by molar-refractivity contribution is 7.92. The summed E-state index contributed by atoms with van der Waals surface area (Å²) in [7, 11) is -4.27. The number of nitrogens with one attached hydrogen (secondary N) is 3. The first-order valence-corrected chi connectivity index (χ1v) is 14.6. The molecule has 4 rings (SSSR count). The van der Waals surface area contributed by atoms with E-state index in [0.29, 0.717) is 23.9 Å². The van der Waals surface area contributed by atoms with Gasteiger partial charge in [-0.2, -0.15) is 18.2 Å². The van der Waals surface area contributed by atoms with Crippen molar-refractivity contribution in [3.05, 3.63) is 40.9 Å². The van der Waals surface area contributed by atoms with Gasteiger partial charge in [-0.25, -0.2) is 22.6 Å². The van der Waals surface area contributed by atoms with Crippen molar-refractivity contribution in [2.75, 3.05) is 15.8 Å². The Morgan fingerprint density at radius 3 is 2.52 bits per heavy atom. The van der Waals surface area contributed by atoms with Crippen molar-refractivity contribution in [2.45, 2.75) is 70.0 Å². The zero-order valence-corrected chi connectivity index (χ0v) is 23.3. The number of hydrogen-bond donors (Lipinski definition) is 4. The quantitative estimate of drug-likeness (QED) is 0.259. The summed E-state index contributed by atoms with van der Waals surface area (Å²) < 4.78 is 79.2. The number of aromatic nitrogens is 4. The van der Waals surface area contributed by atoms with Crippen LogP contribution >= 0.6 is 0 Å². The molecule has 3 atom stereocenters. The predicted molar refractivity (Wildman–Crippen MR) is 147 cm³/mol. The Bertz CT molecular complexity index is 1610. The average Bonchev–Trinajstić information content (AvgIpc) is 2.88. The summed E-state index contributed by atoms with van der Waals surface area (Å²) in [5.74, 6) is -0.970. The van der Waals surface area contributed by atoms with Crippen molar-refractivity contribution in [1.29, 1.82) is 0 Å². The monoisotopic (exact) mass is 615 g/mol. The number of sulfonamides is 1. The Kier molecular flexibility index (Phi) is 8.89. The van der Waals surface area contributed by atoms with E-state index in [4.69, 9.17) is 5.11 Å². The maximum Gasteiger partial charge on any atom is 0.404 e. The number of hydrogen-bond acceptors (Lipinski definition) is 8. The molecule has 0 spiro atoms. The molecule has 0 bridgehead atoms. The zero-order chi connectivity index (χ0) is 30.8. The molecule has 1 aliphatic carbocycles. The third kappa shape index (κ3) is 7.63. The highest BCUT2D eigenvalue weighted by Crippen LogP contribution is 2.27. The van der Waals surface area contributed by atoms with E-state index in [9.17, 15) is 35.6 Å². The van der Waals surface area contributed by atoms with Crippen LogP contribution < -0.4 is 20.9 Å². The van der Waals surface area contributed by atoms with Gasteiger partial charge in [0.05, 0.1) is 41.4 Å². The summed E-state index contributed by atoms with van der Waals surface area (Å²) in [6.45, 7) is 3.55. The molecule has 4 N–H and O–H groups in total. The largest absolute Gasteiger partial charge is 0.465 e. The lowest BCUT2D eigenvalue weighted by molar-refractivity contribution is -0.129. The van der Waals surface area contributed by atoms with Crippen LogP contribution in [0.4, 0.5) is 34.0 Å². The first-order valence-electron chi connectivity index (χ1n) is 13.0. The first kappa shape index (κ1) is 30.9. The molecule has 3 heterocycles. The Balaban J connectivity index is 1.56. The van der Waals surface area contributed by atoms with Gasteiger partial charge in [0.15, 0.2) is 0 Å². The van der Waals surface area contributed by atoms with Gasteiger partial charge in [-0.1, -0.05) is 0 Å². The molecule has 42 heavy (non-hydrogen) atoms. The Labute approximate surface area is 237 Å². The summed E-state index contributed by atoms with van der Waals surface area (Å²) in [4.78, 5) is 37.3. The van der Waals surface area contributed by atoms with E-state index in [-0.39, 0.29) is 41.4 Å².